The van der Waals surface area contributed by atoms with Crippen LogP contribution in [0.15, 0.2) is 24.3 Å². The molecular formula is C13H13ClN2O2. The zero-order chi connectivity index (χ0) is 13.3. The Bertz CT molecular complexity index is 605. The summed E-state index contributed by atoms with van der Waals surface area (Å²) in [6, 6.07) is 7.32. The van der Waals surface area contributed by atoms with Gasteiger partial charge in [0.25, 0.3) is 0 Å². The molecule has 0 radical (unpaired) electrons. The average molecular weight is 265 g/mol. The van der Waals surface area contributed by atoms with Gasteiger partial charge in [0.1, 0.15) is 0 Å². The third-order valence-corrected chi connectivity index (χ3v) is 2.90. The summed E-state index contributed by atoms with van der Waals surface area (Å²) >= 11 is 5.97. The van der Waals surface area contributed by atoms with Gasteiger partial charge in [-0.05, 0) is 37.6 Å². The van der Waals surface area contributed by atoms with Crippen molar-refractivity contribution in [2.45, 2.75) is 20.3 Å². The monoisotopic (exact) mass is 264 g/mol. The van der Waals surface area contributed by atoms with Gasteiger partial charge in [-0.2, -0.15) is 5.10 Å². The molecule has 0 atom stereocenters. The summed E-state index contributed by atoms with van der Waals surface area (Å²) in [4.78, 5) is 10.7. The van der Waals surface area contributed by atoms with Crippen molar-refractivity contribution in [3.8, 4) is 5.69 Å². The van der Waals surface area contributed by atoms with E-state index in [0.29, 0.717) is 10.7 Å². The summed E-state index contributed by atoms with van der Waals surface area (Å²) in [6.07, 6.45) is -0.0759. The maximum Gasteiger partial charge on any atom is 0.309 e. The number of carbonyl (C=O) groups is 1. The fourth-order valence-electron chi connectivity index (χ4n) is 1.83. The first kappa shape index (κ1) is 12.6. The molecular weight excluding hydrogens is 252 g/mol. The molecule has 4 nitrogen and oxygen atoms in total. The smallest absolute Gasteiger partial charge is 0.309 e. The van der Waals surface area contributed by atoms with Gasteiger partial charge in [-0.25, -0.2) is 4.68 Å². The number of carboxylic acid groups (broad SMARTS) is 1. The minimum absolute atomic E-state index is 0.0759. The zero-order valence-electron chi connectivity index (χ0n) is 10.1. The van der Waals surface area contributed by atoms with E-state index in [4.69, 9.17) is 16.7 Å². The van der Waals surface area contributed by atoms with Crippen molar-refractivity contribution < 1.29 is 9.90 Å². The van der Waals surface area contributed by atoms with E-state index < -0.39 is 5.97 Å². The summed E-state index contributed by atoms with van der Waals surface area (Å²) in [6.45, 7) is 3.85. The Morgan fingerprint density at radius 3 is 2.78 bits per heavy atom. The van der Waals surface area contributed by atoms with E-state index in [1.54, 1.807) is 10.7 Å². The molecule has 2 rings (SSSR count). The molecule has 0 aliphatic heterocycles. The third-order valence-electron chi connectivity index (χ3n) is 2.67. The van der Waals surface area contributed by atoms with Crippen molar-refractivity contribution >= 4 is 17.6 Å². The summed E-state index contributed by atoms with van der Waals surface area (Å²) < 4.78 is 1.72. The fraction of sp³-hybridized carbons (Fsp3) is 0.231. The van der Waals surface area contributed by atoms with Crippen molar-refractivity contribution in [2.24, 2.45) is 0 Å². The number of aryl methyl sites for hydroxylation is 2. The molecule has 94 valence electrons. The number of aromatic nitrogens is 2. The molecule has 2 aromatic rings. The number of benzene rings is 1. The number of nitrogens with zero attached hydrogens (tertiary/aromatic N) is 2. The predicted molar refractivity (Wildman–Crippen MR) is 69.4 cm³/mol. The Balaban J connectivity index is 2.47. The lowest BCUT2D eigenvalue weighted by Crippen LogP contribution is -2.04. The molecule has 0 amide bonds. The average Bonchev–Trinajstić information content (AvgIpc) is 2.62. The highest BCUT2D eigenvalue weighted by atomic mass is 35.5. The minimum atomic E-state index is -0.887. The van der Waals surface area contributed by atoms with Gasteiger partial charge >= 0.3 is 5.97 Å². The Morgan fingerprint density at radius 2 is 2.11 bits per heavy atom. The van der Waals surface area contributed by atoms with Crippen LogP contribution >= 0.6 is 11.6 Å². The second-order valence-electron chi connectivity index (χ2n) is 4.19. The second-order valence-corrected chi connectivity index (χ2v) is 4.63. The number of hydrogen-bond donors (Lipinski definition) is 1. The van der Waals surface area contributed by atoms with Crippen LogP contribution in [0.25, 0.3) is 5.69 Å². The Kier molecular flexibility index (Phi) is 3.39. The van der Waals surface area contributed by atoms with Crippen LogP contribution in [-0.2, 0) is 11.2 Å². The first-order chi connectivity index (χ1) is 8.47. The molecule has 0 fully saturated rings. The molecule has 0 saturated heterocycles. The SMILES string of the molecule is Cc1ccc(Cl)cc1-n1nc(CC(=O)O)cc1C. The zero-order valence-corrected chi connectivity index (χ0v) is 10.9. The molecule has 1 aromatic carbocycles. The molecule has 18 heavy (non-hydrogen) atoms. The van der Waals surface area contributed by atoms with Crippen LogP contribution in [0.4, 0.5) is 0 Å². The maximum absolute atomic E-state index is 10.7. The number of aliphatic carboxylic acids is 1. The van der Waals surface area contributed by atoms with Gasteiger partial charge in [0.15, 0.2) is 0 Å². The molecule has 1 heterocycles. The largest absolute Gasteiger partial charge is 0.481 e. The first-order valence-corrected chi connectivity index (χ1v) is 5.89. The first-order valence-electron chi connectivity index (χ1n) is 5.51. The quantitative estimate of drug-likeness (QED) is 0.927. The molecule has 0 saturated carbocycles. The van der Waals surface area contributed by atoms with Gasteiger partial charge in [0, 0.05) is 10.7 Å². The van der Waals surface area contributed by atoms with Gasteiger partial charge in [0.2, 0.25) is 0 Å². The molecule has 0 aliphatic carbocycles. The van der Waals surface area contributed by atoms with Gasteiger partial charge in [-0.3, -0.25) is 4.79 Å². The molecule has 5 heteroatoms. The van der Waals surface area contributed by atoms with Crippen LogP contribution in [0.3, 0.4) is 0 Å². The van der Waals surface area contributed by atoms with E-state index in [2.05, 4.69) is 5.10 Å². The highest BCUT2D eigenvalue weighted by Gasteiger charge is 2.11. The molecule has 1 aromatic heterocycles. The second kappa shape index (κ2) is 4.82. The van der Waals surface area contributed by atoms with Gasteiger partial charge in [-0.1, -0.05) is 17.7 Å². The Hall–Kier alpha value is -1.81. The van der Waals surface area contributed by atoms with E-state index in [1.807, 2.05) is 32.0 Å². The van der Waals surface area contributed by atoms with Crippen molar-refractivity contribution in [1.29, 1.82) is 0 Å². The van der Waals surface area contributed by atoms with Gasteiger partial charge in [-0.15, -0.1) is 0 Å². The van der Waals surface area contributed by atoms with Gasteiger partial charge < -0.3 is 5.11 Å². The summed E-state index contributed by atoms with van der Waals surface area (Å²) in [5.41, 5.74) is 3.33. The summed E-state index contributed by atoms with van der Waals surface area (Å²) in [5.74, 6) is -0.887. The van der Waals surface area contributed by atoms with Crippen molar-refractivity contribution in [3.05, 3.63) is 46.2 Å². The van der Waals surface area contributed by atoms with E-state index in [0.717, 1.165) is 16.9 Å². The molecule has 0 spiro atoms. The number of hydrogen-bond acceptors (Lipinski definition) is 2. The molecule has 0 aliphatic rings. The number of rotatable bonds is 3. The van der Waals surface area contributed by atoms with E-state index in [1.165, 1.54) is 0 Å². The molecule has 1 N–H and O–H groups in total. The minimum Gasteiger partial charge on any atom is -0.481 e. The summed E-state index contributed by atoms with van der Waals surface area (Å²) in [7, 11) is 0. The highest BCUT2D eigenvalue weighted by Crippen LogP contribution is 2.21. The highest BCUT2D eigenvalue weighted by molar-refractivity contribution is 6.30. The van der Waals surface area contributed by atoms with E-state index in [9.17, 15) is 4.79 Å². The van der Waals surface area contributed by atoms with Crippen molar-refractivity contribution in [2.75, 3.05) is 0 Å². The van der Waals surface area contributed by atoms with Crippen LogP contribution in [0.1, 0.15) is 17.0 Å². The van der Waals surface area contributed by atoms with Crippen LogP contribution in [0, 0.1) is 13.8 Å². The van der Waals surface area contributed by atoms with Crippen LogP contribution in [0.5, 0.6) is 0 Å². The summed E-state index contributed by atoms with van der Waals surface area (Å²) in [5, 5.41) is 13.7. The Labute approximate surface area is 110 Å². The van der Waals surface area contributed by atoms with Gasteiger partial charge in [0.05, 0.1) is 17.8 Å². The Morgan fingerprint density at radius 1 is 1.39 bits per heavy atom. The maximum atomic E-state index is 10.7. The standard InChI is InChI=1S/C13H13ClN2O2/c1-8-3-4-10(14)6-12(8)16-9(2)5-11(15-16)7-13(17)18/h3-6H,7H2,1-2H3,(H,17,18). The number of carboxylic acids is 1. The molecule has 0 bridgehead atoms. The predicted octanol–water partition coefficient (Wildman–Crippen LogP) is 2.77. The van der Waals surface area contributed by atoms with Crippen LogP contribution in [0.2, 0.25) is 5.02 Å². The topological polar surface area (TPSA) is 55.1 Å². The lowest BCUT2D eigenvalue weighted by Gasteiger charge is -2.08. The van der Waals surface area contributed by atoms with Crippen LogP contribution < -0.4 is 0 Å². The van der Waals surface area contributed by atoms with Crippen molar-refractivity contribution in [1.82, 2.24) is 9.78 Å². The van der Waals surface area contributed by atoms with E-state index in [-0.39, 0.29) is 6.42 Å². The molecule has 0 unspecified atom stereocenters. The third kappa shape index (κ3) is 2.54. The fourth-order valence-corrected chi connectivity index (χ4v) is 2.00. The van der Waals surface area contributed by atoms with E-state index >= 15 is 0 Å². The van der Waals surface area contributed by atoms with Crippen LogP contribution in [-0.4, -0.2) is 20.9 Å². The lowest BCUT2D eigenvalue weighted by atomic mass is 10.2. The lowest BCUT2D eigenvalue weighted by molar-refractivity contribution is -0.136. The normalized spacial score (nSPS) is 10.6. The van der Waals surface area contributed by atoms with Crippen molar-refractivity contribution in [3.63, 3.8) is 0 Å². The number of halogens is 1.